The maximum absolute atomic E-state index is 12.3. The number of rotatable bonds is 4. The Morgan fingerprint density at radius 2 is 1.76 bits per heavy atom. The predicted octanol–water partition coefficient (Wildman–Crippen LogP) is 5.87. The van der Waals surface area contributed by atoms with Crippen molar-refractivity contribution in [3.63, 3.8) is 0 Å². The summed E-state index contributed by atoms with van der Waals surface area (Å²) in [5.41, 5.74) is 3.93. The maximum Gasteiger partial charge on any atom is 0.325 e. The third kappa shape index (κ3) is 4.14. The number of halogens is 2. The number of aliphatic imine (C=N–C) groups is 1. The molecule has 0 unspecified atom stereocenters. The molecule has 6 heteroatoms. The normalized spacial score (nSPS) is 15.5. The first-order valence-corrected chi connectivity index (χ1v) is 10.7. The quantitative estimate of drug-likeness (QED) is 0.410. The van der Waals surface area contributed by atoms with Gasteiger partial charge < -0.3 is 9.64 Å². The highest BCUT2D eigenvalue weighted by Crippen LogP contribution is 2.41. The van der Waals surface area contributed by atoms with Gasteiger partial charge in [0, 0.05) is 20.1 Å². The van der Waals surface area contributed by atoms with Gasteiger partial charge in [0.1, 0.15) is 12.4 Å². The lowest BCUT2D eigenvalue weighted by Gasteiger charge is -2.38. The Kier molecular flexibility index (Phi) is 5.83. The summed E-state index contributed by atoms with van der Waals surface area (Å²) in [6, 6.07) is 24.0. The number of benzene rings is 3. The molecular weight excluding hydrogens is 496 g/mol. The number of nitrogens with zero attached hydrogens (tertiary/aromatic N) is 2. The minimum atomic E-state index is -0.313. The SMILES string of the molecule is COC(=O)CN1C(c2cccc(Br)c2)=Nc2ccc(Br)cc2[C@@H]1c1ccccc1. The minimum absolute atomic E-state index is 0.0906. The molecule has 0 aliphatic carbocycles. The molecule has 1 aliphatic heterocycles. The molecule has 0 amide bonds. The van der Waals surface area contributed by atoms with E-state index in [1.54, 1.807) is 0 Å². The van der Waals surface area contributed by atoms with Gasteiger partial charge in [-0.25, -0.2) is 4.99 Å². The van der Waals surface area contributed by atoms with Crippen LogP contribution < -0.4 is 0 Å². The van der Waals surface area contributed by atoms with Gasteiger partial charge in [0.15, 0.2) is 0 Å². The van der Waals surface area contributed by atoms with Gasteiger partial charge in [-0.05, 0) is 35.9 Å². The molecule has 1 atom stereocenters. The Morgan fingerprint density at radius 3 is 2.48 bits per heavy atom. The van der Waals surface area contributed by atoms with E-state index in [9.17, 15) is 4.79 Å². The van der Waals surface area contributed by atoms with Crippen molar-refractivity contribution < 1.29 is 9.53 Å². The van der Waals surface area contributed by atoms with Crippen LogP contribution in [0, 0.1) is 0 Å². The monoisotopic (exact) mass is 512 g/mol. The van der Waals surface area contributed by atoms with Crippen molar-refractivity contribution in [2.24, 2.45) is 4.99 Å². The number of fused-ring (bicyclic) bond motifs is 1. The van der Waals surface area contributed by atoms with Crippen LogP contribution in [0.25, 0.3) is 0 Å². The lowest BCUT2D eigenvalue weighted by Crippen LogP contribution is -2.42. The lowest BCUT2D eigenvalue weighted by molar-refractivity contribution is -0.141. The minimum Gasteiger partial charge on any atom is -0.468 e. The molecule has 29 heavy (non-hydrogen) atoms. The summed E-state index contributed by atoms with van der Waals surface area (Å²) in [5.74, 6) is 0.424. The van der Waals surface area contributed by atoms with E-state index < -0.39 is 0 Å². The number of methoxy groups -OCH3 is 1. The number of carbonyl (C=O) groups is 1. The Morgan fingerprint density at radius 1 is 1.00 bits per heavy atom. The number of ether oxygens (including phenoxy) is 1. The van der Waals surface area contributed by atoms with Crippen LogP contribution >= 0.6 is 31.9 Å². The molecule has 1 aliphatic rings. The van der Waals surface area contributed by atoms with Gasteiger partial charge in [-0.2, -0.15) is 0 Å². The van der Waals surface area contributed by atoms with Crippen molar-refractivity contribution in [2.45, 2.75) is 6.04 Å². The fraction of sp³-hybridized carbons (Fsp3) is 0.130. The van der Waals surface area contributed by atoms with E-state index in [0.29, 0.717) is 0 Å². The smallest absolute Gasteiger partial charge is 0.325 e. The number of hydrogen-bond acceptors (Lipinski definition) is 4. The van der Waals surface area contributed by atoms with E-state index in [4.69, 9.17) is 9.73 Å². The molecule has 4 rings (SSSR count). The zero-order valence-corrected chi connectivity index (χ0v) is 18.9. The van der Waals surface area contributed by atoms with Crippen LogP contribution in [0.5, 0.6) is 0 Å². The summed E-state index contributed by atoms with van der Waals surface area (Å²) in [5, 5.41) is 0. The molecular formula is C23H18Br2N2O2. The first-order chi connectivity index (χ1) is 14.1. The van der Waals surface area contributed by atoms with Gasteiger partial charge in [-0.15, -0.1) is 0 Å². The molecule has 1 heterocycles. The van der Waals surface area contributed by atoms with Gasteiger partial charge in [0.25, 0.3) is 0 Å². The number of amidine groups is 1. The van der Waals surface area contributed by atoms with Gasteiger partial charge in [-0.1, -0.05) is 74.3 Å². The van der Waals surface area contributed by atoms with Crippen molar-refractivity contribution in [3.8, 4) is 0 Å². The van der Waals surface area contributed by atoms with Gasteiger partial charge in [0.2, 0.25) is 0 Å². The highest BCUT2D eigenvalue weighted by molar-refractivity contribution is 9.10. The molecule has 3 aromatic rings. The molecule has 0 saturated carbocycles. The predicted molar refractivity (Wildman–Crippen MR) is 121 cm³/mol. The van der Waals surface area contributed by atoms with Crippen molar-refractivity contribution in [2.75, 3.05) is 13.7 Å². The van der Waals surface area contributed by atoms with Gasteiger partial charge in [0.05, 0.1) is 18.8 Å². The Labute approximate surface area is 186 Å². The van der Waals surface area contributed by atoms with Crippen molar-refractivity contribution in [1.82, 2.24) is 4.90 Å². The van der Waals surface area contributed by atoms with Crippen LogP contribution in [-0.4, -0.2) is 30.4 Å². The molecule has 0 fully saturated rings. The Bertz CT molecular complexity index is 1080. The fourth-order valence-corrected chi connectivity index (χ4v) is 4.32. The molecule has 3 aromatic carbocycles. The number of esters is 1. The largest absolute Gasteiger partial charge is 0.468 e. The van der Waals surface area contributed by atoms with Crippen LogP contribution in [0.1, 0.15) is 22.7 Å². The van der Waals surface area contributed by atoms with Crippen LogP contribution in [0.2, 0.25) is 0 Å². The zero-order chi connectivity index (χ0) is 20.4. The highest BCUT2D eigenvalue weighted by atomic mass is 79.9. The number of carbonyl (C=O) groups excluding carboxylic acids is 1. The van der Waals surface area contributed by atoms with E-state index in [0.717, 1.165) is 37.2 Å². The summed E-state index contributed by atoms with van der Waals surface area (Å²) in [7, 11) is 1.41. The van der Waals surface area contributed by atoms with Crippen LogP contribution in [0.15, 0.2) is 86.7 Å². The lowest BCUT2D eigenvalue weighted by atomic mass is 9.93. The summed E-state index contributed by atoms with van der Waals surface area (Å²) in [6.07, 6.45) is 0. The zero-order valence-electron chi connectivity index (χ0n) is 15.7. The standard InChI is InChI=1S/C23H18Br2N2O2/c1-29-21(28)14-27-22(15-6-3-2-4-7-15)19-13-18(25)10-11-20(19)26-23(27)16-8-5-9-17(24)12-16/h2-13,22H,14H2,1H3/t22-/m0/s1. The first-order valence-electron chi connectivity index (χ1n) is 9.09. The molecule has 0 bridgehead atoms. The second-order valence-corrected chi connectivity index (χ2v) is 8.50. The van der Waals surface area contributed by atoms with Crippen molar-refractivity contribution in [3.05, 3.63) is 98.4 Å². The van der Waals surface area contributed by atoms with E-state index in [-0.39, 0.29) is 18.6 Å². The Balaban J connectivity index is 1.95. The summed E-state index contributed by atoms with van der Waals surface area (Å²) < 4.78 is 6.92. The number of hydrogen-bond donors (Lipinski definition) is 0. The van der Waals surface area contributed by atoms with Crippen molar-refractivity contribution in [1.29, 1.82) is 0 Å². The van der Waals surface area contributed by atoms with E-state index in [2.05, 4.69) is 50.1 Å². The molecule has 0 N–H and O–H groups in total. The maximum atomic E-state index is 12.3. The van der Waals surface area contributed by atoms with Crippen LogP contribution in [-0.2, 0) is 9.53 Å². The highest BCUT2D eigenvalue weighted by Gasteiger charge is 2.33. The summed E-state index contributed by atoms with van der Waals surface area (Å²) in [6.45, 7) is 0.0906. The third-order valence-corrected chi connectivity index (χ3v) is 5.81. The molecule has 0 spiro atoms. The third-order valence-electron chi connectivity index (χ3n) is 4.82. The molecule has 4 nitrogen and oxygen atoms in total. The fourth-order valence-electron chi connectivity index (χ4n) is 3.54. The van der Waals surface area contributed by atoms with Crippen molar-refractivity contribution >= 4 is 49.4 Å². The summed E-state index contributed by atoms with van der Waals surface area (Å²) >= 11 is 7.12. The van der Waals surface area contributed by atoms with E-state index in [1.165, 1.54) is 7.11 Å². The van der Waals surface area contributed by atoms with Gasteiger partial charge >= 0.3 is 5.97 Å². The molecule has 146 valence electrons. The average molecular weight is 514 g/mol. The van der Waals surface area contributed by atoms with Crippen LogP contribution in [0.4, 0.5) is 5.69 Å². The van der Waals surface area contributed by atoms with Crippen LogP contribution in [0.3, 0.4) is 0 Å². The van der Waals surface area contributed by atoms with E-state index >= 15 is 0 Å². The van der Waals surface area contributed by atoms with E-state index in [1.807, 2.05) is 59.5 Å². The Hall–Kier alpha value is -2.44. The first kappa shape index (κ1) is 19.9. The average Bonchev–Trinajstić information content (AvgIpc) is 2.73. The molecule has 0 saturated heterocycles. The second kappa shape index (κ2) is 8.51. The topological polar surface area (TPSA) is 41.9 Å². The summed E-state index contributed by atoms with van der Waals surface area (Å²) in [4.78, 5) is 19.3. The molecule has 0 aromatic heterocycles. The van der Waals surface area contributed by atoms with Gasteiger partial charge in [-0.3, -0.25) is 4.79 Å². The second-order valence-electron chi connectivity index (χ2n) is 6.67. The molecule has 0 radical (unpaired) electrons.